The van der Waals surface area contributed by atoms with Crippen LogP contribution in [0.4, 0.5) is 0 Å². The van der Waals surface area contributed by atoms with E-state index < -0.39 is 0 Å². The molecule has 0 aromatic carbocycles. The van der Waals surface area contributed by atoms with Crippen LogP contribution < -0.4 is 0 Å². The third kappa shape index (κ3) is 2.71. The van der Waals surface area contributed by atoms with Crippen LogP contribution in [0.2, 0.25) is 0 Å². The van der Waals surface area contributed by atoms with Crippen LogP contribution in [0.25, 0.3) is 0 Å². The Bertz CT molecular complexity index is 175. The second-order valence-corrected chi connectivity index (χ2v) is 5.45. The molecule has 1 aliphatic carbocycles. The van der Waals surface area contributed by atoms with Crippen LogP contribution in [0.5, 0.6) is 0 Å². The van der Waals surface area contributed by atoms with Gasteiger partial charge >= 0.3 is 0 Å². The van der Waals surface area contributed by atoms with Crippen molar-refractivity contribution in [2.45, 2.75) is 51.0 Å². The Hall–Kier alpha value is -0.0800. The van der Waals surface area contributed by atoms with E-state index in [4.69, 9.17) is 0 Å². The first-order valence-electron chi connectivity index (χ1n) is 6.10. The first-order chi connectivity index (χ1) is 6.66. The van der Waals surface area contributed by atoms with Crippen LogP contribution in [-0.4, -0.2) is 35.2 Å². The number of nitrogens with zero attached hydrogens (tertiary/aromatic N) is 1. The Labute approximate surface area is 87.3 Å². The lowest BCUT2D eigenvalue weighted by Crippen LogP contribution is -2.43. The number of aliphatic hydroxyl groups is 1. The summed E-state index contributed by atoms with van der Waals surface area (Å²) in [5.41, 5.74) is -0.383. The minimum Gasteiger partial charge on any atom is -0.390 e. The van der Waals surface area contributed by atoms with Gasteiger partial charge in [0.2, 0.25) is 0 Å². The van der Waals surface area contributed by atoms with Gasteiger partial charge in [0.25, 0.3) is 0 Å². The molecule has 0 aromatic heterocycles. The van der Waals surface area contributed by atoms with Gasteiger partial charge in [-0.15, -0.1) is 0 Å². The van der Waals surface area contributed by atoms with Crippen molar-refractivity contribution >= 4 is 0 Å². The summed E-state index contributed by atoms with van der Waals surface area (Å²) < 4.78 is 0. The maximum atomic E-state index is 9.83. The number of hydrogen-bond donors (Lipinski definition) is 1. The molecule has 0 atom stereocenters. The smallest absolute Gasteiger partial charge is 0.0644 e. The Morgan fingerprint density at radius 3 is 2.36 bits per heavy atom. The molecule has 2 heteroatoms. The Morgan fingerprint density at radius 1 is 1.21 bits per heavy atom. The lowest BCUT2D eigenvalue weighted by Gasteiger charge is -2.36. The third-order valence-electron chi connectivity index (χ3n) is 3.92. The van der Waals surface area contributed by atoms with Gasteiger partial charge in [-0.2, -0.15) is 0 Å². The number of rotatable bonds is 2. The molecule has 2 fully saturated rings. The van der Waals surface area contributed by atoms with Crippen molar-refractivity contribution in [1.29, 1.82) is 0 Å². The predicted octanol–water partition coefficient (Wildman–Crippen LogP) is 2.02. The molecule has 0 amide bonds. The summed E-state index contributed by atoms with van der Waals surface area (Å²) in [5.74, 6) is 0.957. The normalized spacial score (nSPS) is 29.6. The standard InChI is InChI=1S/C12H23NO/c1-12(14)6-8-13(9-7-12)10-11-4-2-3-5-11/h11,14H,2-10H2,1H3. The molecular weight excluding hydrogens is 174 g/mol. The summed E-state index contributed by atoms with van der Waals surface area (Å²) in [5, 5.41) is 9.83. The van der Waals surface area contributed by atoms with Gasteiger partial charge < -0.3 is 10.0 Å². The van der Waals surface area contributed by atoms with Crippen molar-refractivity contribution in [3.05, 3.63) is 0 Å². The molecule has 1 N–H and O–H groups in total. The number of piperidine rings is 1. The van der Waals surface area contributed by atoms with E-state index in [-0.39, 0.29) is 5.60 Å². The van der Waals surface area contributed by atoms with Crippen molar-refractivity contribution in [3.8, 4) is 0 Å². The fourth-order valence-corrected chi connectivity index (χ4v) is 2.78. The van der Waals surface area contributed by atoms with Crippen molar-refractivity contribution < 1.29 is 5.11 Å². The number of hydrogen-bond acceptors (Lipinski definition) is 2. The average molecular weight is 197 g/mol. The quantitative estimate of drug-likeness (QED) is 0.732. The molecule has 1 heterocycles. The largest absolute Gasteiger partial charge is 0.390 e. The Balaban J connectivity index is 1.72. The molecule has 0 radical (unpaired) electrons. The summed E-state index contributed by atoms with van der Waals surface area (Å²) in [7, 11) is 0. The highest BCUT2D eigenvalue weighted by Gasteiger charge is 2.28. The summed E-state index contributed by atoms with van der Waals surface area (Å²) in [6.07, 6.45) is 7.67. The van der Waals surface area contributed by atoms with Crippen LogP contribution in [0.15, 0.2) is 0 Å². The average Bonchev–Trinajstić information content (AvgIpc) is 2.61. The summed E-state index contributed by atoms with van der Waals surface area (Å²) >= 11 is 0. The van der Waals surface area contributed by atoms with Crippen LogP contribution >= 0.6 is 0 Å². The summed E-state index contributed by atoms with van der Waals surface area (Å²) in [4.78, 5) is 2.55. The van der Waals surface area contributed by atoms with Gasteiger partial charge in [0.05, 0.1) is 5.60 Å². The van der Waals surface area contributed by atoms with E-state index in [1.165, 1.54) is 32.2 Å². The summed E-state index contributed by atoms with van der Waals surface area (Å²) in [6, 6.07) is 0. The molecule has 0 spiro atoms. The predicted molar refractivity (Wildman–Crippen MR) is 58.3 cm³/mol. The van der Waals surface area contributed by atoms with Gasteiger partial charge in [-0.1, -0.05) is 12.8 Å². The van der Waals surface area contributed by atoms with Crippen molar-refractivity contribution in [3.63, 3.8) is 0 Å². The van der Waals surface area contributed by atoms with Crippen molar-refractivity contribution in [2.75, 3.05) is 19.6 Å². The zero-order valence-electron chi connectivity index (χ0n) is 9.34. The molecule has 1 aliphatic heterocycles. The highest BCUT2D eigenvalue weighted by Crippen LogP contribution is 2.28. The minimum absolute atomic E-state index is 0.383. The maximum absolute atomic E-state index is 9.83. The van der Waals surface area contributed by atoms with Gasteiger partial charge in [0.1, 0.15) is 0 Å². The SMILES string of the molecule is CC1(O)CCN(CC2CCCC2)CC1. The molecule has 14 heavy (non-hydrogen) atoms. The molecule has 1 saturated heterocycles. The zero-order valence-corrected chi connectivity index (χ0v) is 9.34. The fraction of sp³-hybridized carbons (Fsp3) is 1.00. The lowest BCUT2D eigenvalue weighted by atomic mass is 9.93. The van der Waals surface area contributed by atoms with Crippen molar-refractivity contribution in [2.24, 2.45) is 5.92 Å². The Kier molecular flexibility index (Phi) is 3.13. The third-order valence-corrected chi connectivity index (χ3v) is 3.92. The van der Waals surface area contributed by atoms with Gasteiger partial charge in [-0.3, -0.25) is 0 Å². The highest BCUT2D eigenvalue weighted by molar-refractivity contribution is 4.83. The molecule has 0 unspecified atom stereocenters. The lowest BCUT2D eigenvalue weighted by molar-refractivity contribution is -0.00851. The van der Waals surface area contributed by atoms with Crippen LogP contribution in [0.1, 0.15) is 45.4 Å². The van der Waals surface area contributed by atoms with Crippen molar-refractivity contribution in [1.82, 2.24) is 4.90 Å². The fourth-order valence-electron chi connectivity index (χ4n) is 2.78. The minimum atomic E-state index is -0.383. The molecule has 2 nitrogen and oxygen atoms in total. The first-order valence-corrected chi connectivity index (χ1v) is 6.10. The van der Waals surface area contributed by atoms with E-state index in [0.717, 1.165) is 31.8 Å². The highest BCUT2D eigenvalue weighted by atomic mass is 16.3. The second-order valence-electron chi connectivity index (χ2n) is 5.45. The van der Waals surface area contributed by atoms with Gasteiger partial charge in [0, 0.05) is 19.6 Å². The number of likely N-dealkylation sites (tertiary alicyclic amines) is 1. The van der Waals surface area contributed by atoms with Crippen LogP contribution in [-0.2, 0) is 0 Å². The van der Waals surface area contributed by atoms with E-state index >= 15 is 0 Å². The van der Waals surface area contributed by atoms with Gasteiger partial charge in [-0.05, 0) is 38.5 Å². The topological polar surface area (TPSA) is 23.5 Å². The molecule has 1 saturated carbocycles. The van der Waals surface area contributed by atoms with E-state index in [0.29, 0.717) is 0 Å². The molecule has 82 valence electrons. The van der Waals surface area contributed by atoms with E-state index in [9.17, 15) is 5.11 Å². The molecule has 0 aromatic rings. The molecule has 0 bridgehead atoms. The second kappa shape index (κ2) is 4.19. The first kappa shape index (κ1) is 10.4. The van der Waals surface area contributed by atoms with E-state index in [1.807, 2.05) is 6.92 Å². The molecular formula is C12H23NO. The molecule has 2 rings (SSSR count). The van der Waals surface area contributed by atoms with Crippen LogP contribution in [0, 0.1) is 5.92 Å². The monoisotopic (exact) mass is 197 g/mol. The van der Waals surface area contributed by atoms with Gasteiger partial charge in [0.15, 0.2) is 0 Å². The molecule has 2 aliphatic rings. The van der Waals surface area contributed by atoms with E-state index in [1.54, 1.807) is 0 Å². The Morgan fingerprint density at radius 2 is 1.79 bits per heavy atom. The summed E-state index contributed by atoms with van der Waals surface area (Å²) in [6.45, 7) is 5.46. The van der Waals surface area contributed by atoms with Gasteiger partial charge in [-0.25, -0.2) is 0 Å². The maximum Gasteiger partial charge on any atom is 0.0644 e. The van der Waals surface area contributed by atoms with E-state index in [2.05, 4.69) is 4.90 Å². The van der Waals surface area contributed by atoms with Crippen LogP contribution in [0.3, 0.4) is 0 Å². The zero-order chi connectivity index (χ0) is 10.0.